The van der Waals surface area contributed by atoms with Crippen LogP contribution in [0.5, 0.6) is 0 Å². The third-order valence-corrected chi connectivity index (χ3v) is 2.18. The van der Waals surface area contributed by atoms with Crippen LogP contribution in [0.1, 0.15) is 5.56 Å². The molecule has 0 radical (unpaired) electrons. The molecule has 0 aliphatic carbocycles. The average molecular weight is 208 g/mol. The predicted octanol–water partition coefficient (Wildman–Crippen LogP) is 1.77. The van der Waals surface area contributed by atoms with E-state index in [1.807, 2.05) is 6.07 Å². The van der Waals surface area contributed by atoms with Gasteiger partial charge in [0.2, 0.25) is 0 Å². The van der Waals surface area contributed by atoms with Gasteiger partial charge in [-0.05, 0) is 6.07 Å². The molecule has 2 nitrogen and oxygen atoms in total. The molecule has 0 spiro atoms. The van der Waals surface area contributed by atoms with Crippen LogP contribution in [-0.2, 0) is 6.54 Å². The summed E-state index contributed by atoms with van der Waals surface area (Å²) in [5, 5.41) is 0. The molecule has 82 valence electrons. The Balaban J connectivity index is 2.64. The summed E-state index contributed by atoms with van der Waals surface area (Å²) in [7, 11) is 0. The zero-order valence-electron chi connectivity index (χ0n) is 8.82. The van der Waals surface area contributed by atoms with Crippen LogP contribution in [-0.4, -0.2) is 24.5 Å². The lowest BCUT2D eigenvalue weighted by Gasteiger charge is -2.19. The van der Waals surface area contributed by atoms with Crippen LogP contribution >= 0.6 is 0 Å². The summed E-state index contributed by atoms with van der Waals surface area (Å²) in [5.41, 5.74) is 6.18. The lowest BCUT2D eigenvalue weighted by molar-refractivity contribution is 0.298. The van der Waals surface area contributed by atoms with Gasteiger partial charge in [-0.1, -0.05) is 24.3 Å². The lowest BCUT2D eigenvalue weighted by Crippen LogP contribution is -2.29. The van der Waals surface area contributed by atoms with Gasteiger partial charge in [-0.3, -0.25) is 4.90 Å². The first kappa shape index (κ1) is 11.9. The third-order valence-electron chi connectivity index (χ3n) is 2.18. The van der Waals surface area contributed by atoms with Crippen LogP contribution in [0.2, 0.25) is 0 Å². The molecule has 0 saturated carbocycles. The molecule has 0 heterocycles. The maximum absolute atomic E-state index is 13.3. The Labute approximate surface area is 90.2 Å². The number of halogens is 1. The SMILES string of the molecule is C=CCN(CCN)Cc1ccccc1F. The normalized spacial score (nSPS) is 10.6. The quantitative estimate of drug-likeness (QED) is 0.722. The lowest BCUT2D eigenvalue weighted by atomic mass is 10.2. The molecule has 3 heteroatoms. The molecule has 0 amide bonds. The van der Waals surface area contributed by atoms with E-state index in [2.05, 4.69) is 11.5 Å². The van der Waals surface area contributed by atoms with Gasteiger partial charge < -0.3 is 5.73 Å². The van der Waals surface area contributed by atoms with Crippen molar-refractivity contribution in [3.63, 3.8) is 0 Å². The van der Waals surface area contributed by atoms with Crippen molar-refractivity contribution in [1.82, 2.24) is 4.90 Å². The number of benzene rings is 1. The number of nitrogens with two attached hydrogens (primary N) is 1. The number of hydrogen-bond acceptors (Lipinski definition) is 2. The average Bonchev–Trinajstić information content (AvgIpc) is 2.22. The van der Waals surface area contributed by atoms with Crippen molar-refractivity contribution < 1.29 is 4.39 Å². The fourth-order valence-corrected chi connectivity index (χ4v) is 1.47. The molecule has 0 fully saturated rings. The van der Waals surface area contributed by atoms with Gasteiger partial charge in [0.15, 0.2) is 0 Å². The van der Waals surface area contributed by atoms with Crippen LogP contribution in [0.3, 0.4) is 0 Å². The fourth-order valence-electron chi connectivity index (χ4n) is 1.47. The van der Waals surface area contributed by atoms with E-state index in [9.17, 15) is 4.39 Å². The summed E-state index contributed by atoms with van der Waals surface area (Å²) in [5.74, 6) is -0.163. The van der Waals surface area contributed by atoms with Crippen LogP contribution in [0, 0.1) is 5.82 Å². The first-order chi connectivity index (χ1) is 7.27. The Morgan fingerprint density at radius 3 is 2.73 bits per heavy atom. The highest BCUT2D eigenvalue weighted by Crippen LogP contribution is 2.09. The monoisotopic (exact) mass is 208 g/mol. The van der Waals surface area contributed by atoms with Crippen molar-refractivity contribution in [1.29, 1.82) is 0 Å². The number of hydrogen-bond donors (Lipinski definition) is 1. The molecule has 0 bridgehead atoms. The summed E-state index contributed by atoms with van der Waals surface area (Å²) in [6.07, 6.45) is 1.80. The largest absolute Gasteiger partial charge is 0.329 e. The van der Waals surface area contributed by atoms with Crippen molar-refractivity contribution in [2.75, 3.05) is 19.6 Å². The van der Waals surface area contributed by atoms with Crippen LogP contribution < -0.4 is 5.73 Å². The third kappa shape index (κ3) is 3.81. The Morgan fingerprint density at radius 2 is 2.13 bits per heavy atom. The van der Waals surface area contributed by atoms with E-state index in [1.165, 1.54) is 6.07 Å². The minimum atomic E-state index is -0.163. The molecule has 2 N–H and O–H groups in total. The van der Waals surface area contributed by atoms with Crippen molar-refractivity contribution in [2.45, 2.75) is 6.54 Å². The summed E-state index contributed by atoms with van der Waals surface area (Å²) in [6, 6.07) is 6.80. The molecule has 0 aliphatic heterocycles. The maximum atomic E-state index is 13.3. The summed E-state index contributed by atoms with van der Waals surface area (Å²) >= 11 is 0. The Kier molecular flexibility index (Phi) is 5.01. The molecule has 0 unspecified atom stereocenters. The van der Waals surface area contributed by atoms with E-state index < -0.39 is 0 Å². The van der Waals surface area contributed by atoms with Crippen LogP contribution in [0.25, 0.3) is 0 Å². The molecular formula is C12H17FN2. The molecular weight excluding hydrogens is 191 g/mol. The van der Waals surface area contributed by atoms with Gasteiger partial charge in [0.05, 0.1) is 0 Å². The Hall–Kier alpha value is -1.19. The second-order valence-corrected chi connectivity index (χ2v) is 3.40. The molecule has 1 aromatic rings. The van der Waals surface area contributed by atoms with Crippen molar-refractivity contribution >= 4 is 0 Å². The van der Waals surface area contributed by atoms with Gasteiger partial charge in [-0.15, -0.1) is 6.58 Å². The second kappa shape index (κ2) is 6.32. The second-order valence-electron chi connectivity index (χ2n) is 3.40. The van der Waals surface area contributed by atoms with Gasteiger partial charge in [0, 0.05) is 31.7 Å². The first-order valence-corrected chi connectivity index (χ1v) is 5.04. The smallest absolute Gasteiger partial charge is 0.127 e. The molecule has 0 aromatic heterocycles. The molecule has 1 aromatic carbocycles. The summed E-state index contributed by atoms with van der Waals surface area (Å²) in [4.78, 5) is 2.06. The highest BCUT2D eigenvalue weighted by atomic mass is 19.1. The molecule has 0 saturated heterocycles. The zero-order valence-corrected chi connectivity index (χ0v) is 8.82. The first-order valence-electron chi connectivity index (χ1n) is 5.04. The van der Waals surface area contributed by atoms with E-state index in [1.54, 1.807) is 18.2 Å². The predicted molar refractivity (Wildman–Crippen MR) is 60.9 cm³/mol. The van der Waals surface area contributed by atoms with Gasteiger partial charge in [-0.25, -0.2) is 4.39 Å². The molecule has 1 rings (SSSR count). The van der Waals surface area contributed by atoms with E-state index in [-0.39, 0.29) is 5.82 Å². The van der Waals surface area contributed by atoms with Crippen LogP contribution in [0.4, 0.5) is 4.39 Å². The van der Waals surface area contributed by atoms with Gasteiger partial charge in [0.1, 0.15) is 5.82 Å². The van der Waals surface area contributed by atoms with Crippen LogP contribution in [0.15, 0.2) is 36.9 Å². The maximum Gasteiger partial charge on any atom is 0.127 e. The standard InChI is InChI=1S/C12H17FN2/c1-2-8-15(9-7-14)10-11-5-3-4-6-12(11)13/h2-6H,1,7-10,14H2. The van der Waals surface area contributed by atoms with Gasteiger partial charge >= 0.3 is 0 Å². The van der Waals surface area contributed by atoms with Crippen molar-refractivity contribution in [2.24, 2.45) is 5.73 Å². The minimum absolute atomic E-state index is 0.163. The molecule has 0 atom stereocenters. The summed E-state index contributed by atoms with van der Waals surface area (Å²) < 4.78 is 13.3. The molecule has 15 heavy (non-hydrogen) atoms. The highest BCUT2D eigenvalue weighted by Gasteiger charge is 2.06. The van der Waals surface area contributed by atoms with E-state index in [0.717, 1.165) is 13.1 Å². The van der Waals surface area contributed by atoms with E-state index in [0.29, 0.717) is 18.7 Å². The van der Waals surface area contributed by atoms with Gasteiger partial charge in [0.25, 0.3) is 0 Å². The Bertz CT molecular complexity index is 312. The van der Waals surface area contributed by atoms with E-state index >= 15 is 0 Å². The van der Waals surface area contributed by atoms with E-state index in [4.69, 9.17) is 5.73 Å². The van der Waals surface area contributed by atoms with Crippen molar-refractivity contribution in [3.05, 3.63) is 48.3 Å². The number of rotatable bonds is 6. The Morgan fingerprint density at radius 1 is 1.40 bits per heavy atom. The highest BCUT2D eigenvalue weighted by molar-refractivity contribution is 5.17. The van der Waals surface area contributed by atoms with Crippen molar-refractivity contribution in [3.8, 4) is 0 Å². The summed E-state index contributed by atoms with van der Waals surface area (Å²) in [6.45, 7) is 6.30. The topological polar surface area (TPSA) is 29.3 Å². The minimum Gasteiger partial charge on any atom is -0.329 e. The fraction of sp³-hybridized carbons (Fsp3) is 0.333. The number of nitrogens with zero attached hydrogens (tertiary/aromatic N) is 1. The van der Waals surface area contributed by atoms with Gasteiger partial charge in [-0.2, -0.15) is 0 Å². The molecule has 0 aliphatic rings. The zero-order chi connectivity index (χ0) is 11.1.